The van der Waals surface area contributed by atoms with Gasteiger partial charge in [0.1, 0.15) is 5.60 Å². The number of carbonyl (C=O) groups excluding carboxylic acids is 1. The molecule has 1 aromatic heterocycles. The lowest BCUT2D eigenvalue weighted by Crippen LogP contribution is -2.51. The number of morpholine rings is 1. The number of aromatic nitrogens is 3. The normalized spacial score (nSPS) is 25.2. The molecule has 4 fully saturated rings. The smallest absolute Gasteiger partial charge is 0.410 e. The molecule has 0 aromatic carbocycles. The van der Waals surface area contributed by atoms with Crippen LogP contribution in [0, 0.1) is 0 Å². The monoisotopic (exact) mass is 424 g/mol. The fourth-order valence-electron chi connectivity index (χ4n) is 4.01. The molecule has 0 radical (unpaired) electrons. The lowest BCUT2D eigenvalue weighted by atomic mass is 10.1. The van der Waals surface area contributed by atoms with Gasteiger partial charge in [-0.1, -0.05) is 0 Å². The predicted octanol–water partition coefficient (Wildman–Crippen LogP) is 2.34. The van der Waals surface area contributed by atoms with Crippen molar-refractivity contribution >= 4 is 29.6 Å². The molecule has 2 atom stereocenters. The first-order chi connectivity index (χ1) is 13.8. The van der Waals surface area contributed by atoms with Gasteiger partial charge in [0.2, 0.25) is 17.2 Å². The Kier molecular flexibility index (Phi) is 5.70. The minimum atomic E-state index is -0.499. The van der Waals surface area contributed by atoms with Gasteiger partial charge in [0.25, 0.3) is 0 Å². The molecule has 9 nitrogen and oxygen atoms in total. The Bertz CT molecular complexity index is 746. The van der Waals surface area contributed by atoms with Crippen LogP contribution in [0.4, 0.5) is 16.7 Å². The number of rotatable bonds is 2. The summed E-state index contributed by atoms with van der Waals surface area (Å²) in [4.78, 5) is 31.7. The van der Waals surface area contributed by atoms with Gasteiger partial charge in [-0.05, 0) is 51.6 Å². The number of halogens is 1. The van der Waals surface area contributed by atoms with Crippen LogP contribution in [0.25, 0.3) is 0 Å². The van der Waals surface area contributed by atoms with E-state index in [4.69, 9.17) is 26.1 Å². The number of nitrogens with zero attached hydrogens (tertiary/aromatic N) is 6. The average molecular weight is 425 g/mol. The number of hydrogen-bond acceptors (Lipinski definition) is 8. The van der Waals surface area contributed by atoms with E-state index in [1.54, 1.807) is 4.90 Å². The number of amides is 1. The van der Waals surface area contributed by atoms with E-state index in [0.717, 1.165) is 25.8 Å². The fraction of sp³-hybridized carbons (Fsp3) is 0.789. The highest BCUT2D eigenvalue weighted by Gasteiger charge is 2.34. The molecule has 0 N–H and O–H groups in total. The summed E-state index contributed by atoms with van der Waals surface area (Å²) in [6, 6.07) is 0.282. The maximum absolute atomic E-state index is 12.3. The molecule has 2 bridgehead atoms. The Morgan fingerprint density at radius 3 is 2.55 bits per heavy atom. The lowest BCUT2D eigenvalue weighted by Gasteiger charge is -2.38. The molecule has 5 heterocycles. The van der Waals surface area contributed by atoms with Crippen LogP contribution in [0.1, 0.15) is 40.0 Å². The summed E-state index contributed by atoms with van der Waals surface area (Å²) < 4.78 is 11.4. The van der Waals surface area contributed by atoms with Gasteiger partial charge in [-0.15, -0.1) is 0 Å². The molecule has 4 aliphatic rings. The van der Waals surface area contributed by atoms with Gasteiger partial charge in [-0.2, -0.15) is 15.0 Å². The van der Waals surface area contributed by atoms with Gasteiger partial charge in [-0.3, -0.25) is 0 Å². The largest absolute Gasteiger partial charge is 0.444 e. The van der Waals surface area contributed by atoms with Crippen LogP contribution < -0.4 is 9.80 Å². The quantitative estimate of drug-likeness (QED) is 0.715. The second-order valence-electron chi connectivity index (χ2n) is 8.85. The third kappa shape index (κ3) is 4.83. The van der Waals surface area contributed by atoms with Gasteiger partial charge >= 0.3 is 6.09 Å². The van der Waals surface area contributed by atoms with Crippen LogP contribution in [0.5, 0.6) is 0 Å². The minimum Gasteiger partial charge on any atom is -0.444 e. The number of hydrogen-bond donors (Lipinski definition) is 0. The Hall–Kier alpha value is -1.87. The molecular formula is C19H29ClN6O3. The predicted molar refractivity (Wildman–Crippen MR) is 110 cm³/mol. The standard InChI is InChI=1S/C19H29ClN6O3/c1-19(2,3)29-18(27)25-9-7-24(8-10-25)16-21-15(20)22-17(23-16)26-11-14-6-4-5-13(26)12-28-14/h13-14H,4-12H2,1-3H3. The van der Waals surface area contributed by atoms with Gasteiger partial charge in [0.05, 0.1) is 18.8 Å². The SMILES string of the molecule is CC(C)(C)OC(=O)N1CCN(c2nc(Cl)nc(N3CC4CCCC3CO4)n2)CC1. The van der Waals surface area contributed by atoms with Crippen molar-refractivity contribution < 1.29 is 14.3 Å². The number of fused-ring (bicyclic) bond motifs is 4. The van der Waals surface area contributed by atoms with Crippen LogP contribution in [0.15, 0.2) is 0 Å². The summed E-state index contributed by atoms with van der Waals surface area (Å²) in [6.07, 6.45) is 3.25. The summed E-state index contributed by atoms with van der Waals surface area (Å²) in [5.74, 6) is 1.18. The topological polar surface area (TPSA) is 83.9 Å². The lowest BCUT2D eigenvalue weighted by molar-refractivity contribution is 0.0240. The Balaban J connectivity index is 1.44. The van der Waals surface area contributed by atoms with Crippen molar-refractivity contribution in [1.29, 1.82) is 0 Å². The highest BCUT2D eigenvalue weighted by atomic mass is 35.5. The number of ether oxygens (including phenoxy) is 2. The van der Waals surface area contributed by atoms with E-state index in [0.29, 0.717) is 44.7 Å². The highest BCUT2D eigenvalue weighted by molar-refractivity contribution is 6.28. The molecule has 10 heteroatoms. The molecule has 4 aliphatic heterocycles. The first-order valence-electron chi connectivity index (χ1n) is 10.3. The zero-order valence-corrected chi connectivity index (χ0v) is 18.1. The molecular weight excluding hydrogens is 396 g/mol. The summed E-state index contributed by atoms with van der Waals surface area (Å²) in [5, 5.41) is 0.195. The fourth-order valence-corrected chi connectivity index (χ4v) is 4.16. The van der Waals surface area contributed by atoms with Crippen LogP contribution in [0.2, 0.25) is 5.28 Å². The van der Waals surface area contributed by atoms with Crippen molar-refractivity contribution in [3.05, 3.63) is 5.28 Å². The third-order valence-corrected chi connectivity index (χ3v) is 5.65. The molecule has 5 rings (SSSR count). The van der Waals surface area contributed by atoms with E-state index < -0.39 is 5.60 Å². The Labute approximate surface area is 176 Å². The van der Waals surface area contributed by atoms with Crippen molar-refractivity contribution in [2.75, 3.05) is 49.1 Å². The summed E-state index contributed by atoms with van der Waals surface area (Å²) >= 11 is 6.25. The van der Waals surface area contributed by atoms with Crippen molar-refractivity contribution in [3.8, 4) is 0 Å². The number of carbonyl (C=O) groups is 1. The van der Waals surface area contributed by atoms with Crippen molar-refractivity contribution in [1.82, 2.24) is 19.9 Å². The van der Waals surface area contributed by atoms with E-state index in [2.05, 4.69) is 14.9 Å². The molecule has 29 heavy (non-hydrogen) atoms. The molecule has 0 spiro atoms. The van der Waals surface area contributed by atoms with E-state index in [1.165, 1.54) is 0 Å². The van der Waals surface area contributed by atoms with E-state index in [1.807, 2.05) is 25.7 Å². The number of piperazine rings is 1. The Morgan fingerprint density at radius 1 is 1.10 bits per heavy atom. The van der Waals surface area contributed by atoms with Crippen LogP contribution in [0.3, 0.4) is 0 Å². The highest BCUT2D eigenvalue weighted by Crippen LogP contribution is 2.29. The second-order valence-corrected chi connectivity index (χ2v) is 9.19. The van der Waals surface area contributed by atoms with Crippen molar-refractivity contribution in [3.63, 3.8) is 0 Å². The summed E-state index contributed by atoms with van der Waals surface area (Å²) in [5.41, 5.74) is -0.499. The zero-order chi connectivity index (χ0) is 20.6. The number of anilines is 2. The van der Waals surface area contributed by atoms with Gasteiger partial charge in [-0.25, -0.2) is 4.79 Å². The Morgan fingerprint density at radius 2 is 1.83 bits per heavy atom. The van der Waals surface area contributed by atoms with E-state index in [9.17, 15) is 4.79 Å². The van der Waals surface area contributed by atoms with Crippen molar-refractivity contribution in [2.24, 2.45) is 0 Å². The molecule has 1 aromatic rings. The van der Waals surface area contributed by atoms with Gasteiger partial charge in [0.15, 0.2) is 0 Å². The average Bonchev–Trinajstić information content (AvgIpc) is 3.02. The summed E-state index contributed by atoms with van der Waals surface area (Å²) in [6.45, 7) is 9.45. The molecule has 4 saturated heterocycles. The van der Waals surface area contributed by atoms with Gasteiger partial charge in [0, 0.05) is 32.7 Å². The molecule has 0 aliphatic carbocycles. The third-order valence-electron chi connectivity index (χ3n) is 5.48. The van der Waals surface area contributed by atoms with Crippen LogP contribution >= 0.6 is 11.6 Å². The molecule has 1 amide bonds. The molecule has 0 saturated carbocycles. The first kappa shape index (κ1) is 20.4. The van der Waals surface area contributed by atoms with Crippen molar-refractivity contribution in [2.45, 2.75) is 57.8 Å². The molecule has 2 unspecified atom stereocenters. The summed E-state index contributed by atoms with van der Waals surface area (Å²) in [7, 11) is 0. The maximum Gasteiger partial charge on any atom is 0.410 e. The van der Waals surface area contributed by atoms with E-state index >= 15 is 0 Å². The minimum absolute atomic E-state index is 0.195. The molecule has 160 valence electrons. The van der Waals surface area contributed by atoms with Crippen LogP contribution in [-0.4, -0.2) is 83.0 Å². The zero-order valence-electron chi connectivity index (χ0n) is 17.3. The second kappa shape index (κ2) is 8.10. The maximum atomic E-state index is 12.3. The first-order valence-corrected chi connectivity index (χ1v) is 10.7. The van der Waals surface area contributed by atoms with Gasteiger partial charge < -0.3 is 24.2 Å². The van der Waals surface area contributed by atoms with E-state index in [-0.39, 0.29) is 23.5 Å². The van der Waals surface area contributed by atoms with Crippen LogP contribution in [-0.2, 0) is 9.47 Å².